The molecule has 1 atom stereocenters. The molecule has 0 aromatic carbocycles. The molecule has 2 fully saturated rings. The second-order valence-electron chi connectivity index (χ2n) is 6.30. The van der Waals surface area contributed by atoms with Crippen molar-refractivity contribution in [1.29, 1.82) is 0 Å². The Balaban J connectivity index is 1.80. The molecule has 0 bridgehead atoms. The van der Waals surface area contributed by atoms with Gasteiger partial charge in [-0.1, -0.05) is 12.8 Å². The van der Waals surface area contributed by atoms with Crippen LogP contribution in [0.25, 0.3) is 0 Å². The van der Waals surface area contributed by atoms with E-state index in [4.69, 9.17) is 0 Å². The Morgan fingerprint density at radius 2 is 1.71 bits per heavy atom. The van der Waals surface area contributed by atoms with Gasteiger partial charge in [-0.2, -0.15) is 0 Å². The molecule has 0 saturated carbocycles. The van der Waals surface area contributed by atoms with Crippen molar-refractivity contribution in [3.05, 3.63) is 0 Å². The molecule has 2 rings (SSSR count). The maximum Gasteiger partial charge on any atom is 0.239 e. The fraction of sp³-hybridized carbons (Fsp3) is 0.867. The predicted molar refractivity (Wildman–Crippen MR) is 82.0 cm³/mol. The Bertz CT molecular complexity index is 357. The van der Waals surface area contributed by atoms with Crippen molar-refractivity contribution in [2.45, 2.75) is 31.7 Å². The topological polar surface area (TPSA) is 55.9 Å². The minimum Gasteiger partial charge on any atom is -0.338 e. The van der Waals surface area contributed by atoms with Gasteiger partial charge in [0.05, 0.1) is 12.6 Å². The maximum absolute atomic E-state index is 12.5. The lowest BCUT2D eigenvalue weighted by Gasteiger charge is -2.36. The fourth-order valence-corrected chi connectivity index (χ4v) is 3.01. The van der Waals surface area contributed by atoms with E-state index in [-0.39, 0.29) is 17.9 Å². The van der Waals surface area contributed by atoms with E-state index in [1.54, 1.807) is 0 Å². The van der Waals surface area contributed by atoms with Crippen molar-refractivity contribution in [3.8, 4) is 0 Å². The van der Waals surface area contributed by atoms with Gasteiger partial charge in [0.2, 0.25) is 11.8 Å². The number of nitrogens with one attached hydrogen (secondary N) is 1. The Kier molecular flexibility index (Phi) is 5.99. The number of piperazine rings is 1. The van der Waals surface area contributed by atoms with Crippen LogP contribution in [0.2, 0.25) is 0 Å². The third kappa shape index (κ3) is 4.68. The van der Waals surface area contributed by atoms with Gasteiger partial charge in [-0.15, -0.1) is 0 Å². The number of carbonyl (C=O) groups excluding carboxylic acids is 2. The van der Waals surface area contributed by atoms with Crippen LogP contribution in [0.4, 0.5) is 0 Å². The zero-order valence-electron chi connectivity index (χ0n) is 13.3. The number of hydrogen-bond acceptors (Lipinski definition) is 4. The van der Waals surface area contributed by atoms with Crippen molar-refractivity contribution in [1.82, 2.24) is 20.0 Å². The van der Waals surface area contributed by atoms with Crippen molar-refractivity contribution < 1.29 is 9.59 Å². The molecule has 0 aliphatic carbocycles. The summed E-state index contributed by atoms with van der Waals surface area (Å²) in [7, 11) is 3.80. The third-order valence-corrected chi connectivity index (χ3v) is 4.25. The molecular weight excluding hydrogens is 268 g/mol. The summed E-state index contributed by atoms with van der Waals surface area (Å²) in [5.41, 5.74) is 0. The zero-order chi connectivity index (χ0) is 15.2. The average molecular weight is 296 g/mol. The molecule has 2 aliphatic heterocycles. The molecule has 1 N–H and O–H groups in total. The number of likely N-dealkylation sites (N-methyl/N-ethyl adjacent to an activating group) is 1. The summed E-state index contributed by atoms with van der Waals surface area (Å²) in [6, 6.07) is -0.0171. The van der Waals surface area contributed by atoms with Gasteiger partial charge in [-0.25, -0.2) is 0 Å². The van der Waals surface area contributed by atoms with Crippen LogP contribution in [0.3, 0.4) is 0 Å². The molecule has 21 heavy (non-hydrogen) atoms. The Hall–Kier alpha value is -1.14. The fourth-order valence-electron chi connectivity index (χ4n) is 3.01. The van der Waals surface area contributed by atoms with E-state index in [0.29, 0.717) is 32.7 Å². The van der Waals surface area contributed by atoms with Crippen LogP contribution in [-0.4, -0.2) is 85.9 Å². The van der Waals surface area contributed by atoms with Crippen LogP contribution in [0, 0.1) is 0 Å². The Labute approximate surface area is 127 Å². The highest BCUT2D eigenvalue weighted by Gasteiger charge is 2.29. The van der Waals surface area contributed by atoms with Gasteiger partial charge in [-0.05, 0) is 33.5 Å². The van der Waals surface area contributed by atoms with Crippen LogP contribution in [0.5, 0.6) is 0 Å². The zero-order valence-corrected chi connectivity index (χ0v) is 13.3. The Morgan fingerprint density at radius 3 is 2.38 bits per heavy atom. The molecule has 2 saturated heterocycles. The van der Waals surface area contributed by atoms with Crippen molar-refractivity contribution in [2.75, 3.05) is 53.4 Å². The summed E-state index contributed by atoms with van der Waals surface area (Å²) in [6.45, 7) is 4.03. The average Bonchev–Trinajstić information content (AvgIpc) is 2.75. The predicted octanol–water partition coefficient (Wildman–Crippen LogP) is -0.249. The van der Waals surface area contributed by atoms with Crippen molar-refractivity contribution >= 4 is 11.8 Å². The highest BCUT2D eigenvalue weighted by Crippen LogP contribution is 2.12. The van der Waals surface area contributed by atoms with Gasteiger partial charge in [0.15, 0.2) is 0 Å². The van der Waals surface area contributed by atoms with E-state index in [1.165, 1.54) is 6.42 Å². The molecule has 2 amide bonds. The van der Waals surface area contributed by atoms with Gasteiger partial charge in [0.25, 0.3) is 0 Å². The first kappa shape index (κ1) is 16.2. The highest BCUT2D eigenvalue weighted by atomic mass is 16.2. The van der Waals surface area contributed by atoms with Gasteiger partial charge in [0, 0.05) is 26.2 Å². The lowest BCUT2D eigenvalue weighted by Crippen LogP contribution is -2.55. The van der Waals surface area contributed by atoms with Gasteiger partial charge >= 0.3 is 0 Å². The second-order valence-corrected chi connectivity index (χ2v) is 6.30. The van der Waals surface area contributed by atoms with E-state index < -0.39 is 0 Å². The van der Waals surface area contributed by atoms with E-state index in [9.17, 15) is 9.59 Å². The quantitative estimate of drug-likeness (QED) is 0.780. The van der Waals surface area contributed by atoms with Crippen molar-refractivity contribution in [3.63, 3.8) is 0 Å². The largest absolute Gasteiger partial charge is 0.338 e. The molecule has 0 spiro atoms. The second kappa shape index (κ2) is 7.75. The monoisotopic (exact) mass is 296 g/mol. The van der Waals surface area contributed by atoms with E-state index in [1.807, 2.05) is 28.8 Å². The van der Waals surface area contributed by atoms with E-state index in [2.05, 4.69) is 5.32 Å². The standard InChI is InChI=1S/C15H28N4O2/c1-17(2)12-14(20)18-8-10-19(11-9-18)15(21)13-6-4-3-5-7-16-13/h13,16H,3-12H2,1-2H3. The molecule has 6 heteroatoms. The van der Waals surface area contributed by atoms with Crippen LogP contribution < -0.4 is 5.32 Å². The van der Waals surface area contributed by atoms with Gasteiger partial charge < -0.3 is 20.0 Å². The number of rotatable bonds is 3. The van der Waals surface area contributed by atoms with E-state index in [0.717, 1.165) is 25.8 Å². The summed E-state index contributed by atoms with van der Waals surface area (Å²) in [5.74, 6) is 0.372. The number of carbonyl (C=O) groups is 2. The van der Waals surface area contributed by atoms with Gasteiger partial charge in [0.1, 0.15) is 0 Å². The minimum atomic E-state index is -0.0171. The first-order valence-corrected chi connectivity index (χ1v) is 8.02. The normalized spacial score (nSPS) is 24.0. The third-order valence-electron chi connectivity index (χ3n) is 4.25. The molecular formula is C15H28N4O2. The van der Waals surface area contributed by atoms with Gasteiger partial charge in [-0.3, -0.25) is 9.59 Å². The number of nitrogens with zero attached hydrogens (tertiary/aromatic N) is 3. The lowest BCUT2D eigenvalue weighted by molar-refractivity contribution is -0.141. The maximum atomic E-state index is 12.5. The number of amides is 2. The SMILES string of the molecule is CN(C)CC(=O)N1CCN(C(=O)C2CCCCCN2)CC1. The molecule has 0 radical (unpaired) electrons. The summed E-state index contributed by atoms with van der Waals surface area (Å²) in [5, 5.41) is 3.36. The summed E-state index contributed by atoms with van der Waals surface area (Å²) in [4.78, 5) is 30.2. The molecule has 2 aliphatic rings. The van der Waals surface area contributed by atoms with Crippen LogP contribution in [0.1, 0.15) is 25.7 Å². The highest BCUT2D eigenvalue weighted by molar-refractivity contribution is 5.83. The Morgan fingerprint density at radius 1 is 1.05 bits per heavy atom. The summed E-state index contributed by atoms with van der Waals surface area (Å²) < 4.78 is 0. The molecule has 1 unspecified atom stereocenters. The van der Waals surface area contributed by atoms with Crippen LogP contribution >= 0.6 is 0 Å². The molecule has 120 valence electrons. The lowest BCUT2D eigenvalue weighted by atomic mass is 10.1. The van der Waals surface area contributed by atoms with E-state index >= 15 is 0 Å². The molecule has 0 aromatic heterocycles. The first-order chi connectivity index (χ1) is 10.1. The molecule has 0 aromatic rings. The minimum absolute atomic E-state index is 0.0171. The number of hydrogen-bond donors (Lipinski definition) is 1. The van der Waals surface area contributed by atoms with Crippen LogP contribution in [-0.2, 0) is 9.59 Å². The first-order valence-electron chi connectivity index (χ1n) is 8.02. The van der Waals surface area contributed by atoms with Crippen LogP contribution in [0.15, 0.2) is 0 Å². The van der Waals surface area contributed by atoms with Crippen molar-refractivity contribution in [2.24, 2.45) is 0 Å². The smallest absolute Gasteiger partial charge is 0.239 e. The summed E-state index contributed by atoms with van der Waals surface area (Å²) >= 11 is 0. The molecule has 6 nitrogen and oxygen atoms in total. The summed E-state index contributed by atoms with van der Waals surface area (Å²) in [6.07, 6.45) is 4.45. The molecule has 2 heterocycles.